The van der Waals surface area contributed by atoms with E-state index < -0.39 is 0 Å². The van der Waals surface area contributed by atoms with Gasteiger partial charge in [0, 0.05) is 18.8 Å². The highest BCUT2D eigenvalue weighted by Crippen LogP contribution is 2.69. The van der Waals surface area contributed by atoms with E-state index in [0.717, 1.165) is 56.1 Å². The molecule has 152 valence electrons. The van der Waals surface area contributed by atoms with Crippen LogP contribution in [0.2, 0.25) is 0 Å². The molecule has 4 nitrogen and oxygen atoms in total. The fraction of sp³-hybridized carbons (Fsp3) is 0.957. The Morgan fingerprint density at radius 1 is 0.926 bits per heavy atom. The number of rotatable bonds is 1. The van der Waals surface area contributed by atoms with Crippen molar-refractivity contribution in [3.8, 4) is 0 Å². The summed E-state index contributed by atoms with van der Waals surface area (Å²) < 4.78 is 18.1. The number of fused-ring (bicyclic) bond motifs is 6. The van der Waals surface area contributed by atoms with Crippen LogP contribution in [0.15, 0.2) is 0 Å². The molecule has 0 N–H and O–H groups in total. The smallest absolute Gasteiger partial charge is 0.302 e. The summed E-state index contributed by atoms with van der Waals surface area (Å²) in [7, 11) is 0. The summed E-state index contributed by atoms with van der Waals surface area (Å²) in [5.41, 5.74) is 0.622. The van der Waals surface area contributed by atoms with Crippen molar-refractivity contribution in [2.75, 3.05) is 13.2 Å². The van der Waals surface area contributed by atoms with E-state index in [1.807, 2.05) is 0 Å². The number of ether oxygens (including phenoxy) is 3. The van der Waals surface area contributed by atoms with Crippen molar-refractivity contribution in [3.63, 3.8) is 0 Å². The van der Waals surface area contributed by atoms with Crippen LogP contribution in [-0.2, 0) is 19.0 Å². The SMILES string of the molecule is CC(=O)OC1CC[C@]2(C)C3CC[C@@]4(C)C(CCC45OCCO5)C3CC[C@H]2C1. The predicted molar refractivity (Wildman–Crippen MR) is 102 cm³/mol. The summed E-state index contributed by atoms with van der Waals surface area (Å²) in [6.45, 7) is 8.13. The summed E-state index contributed by atoms with van der Waals surface area (Å²) in [5.74, 6) is 2.71. The lowest BCUT2D eigenvalue weighted by molar-refractivity contribution is -0.248. The number of esters is 1. The average Bonchev–Trinajstić information content (AvgIpc) is 3.21. The lowest BCUT2D eigenvalue weighted by Gasteiger charge is -2.61. The van der Waals surface area contributed by atoms with Crippen LogP contribution in [0, 0.1) is 34.5 Å². The third-order valence-corrected chi connectivity index (χ3v) is 9.75. The van der Waals surface area contributed by atoms with Crippen LogP contribution in [0.3, 0.4) is 0 Å². The molecule has 5 rings (SSSR count). The quantitative estimate of drug-likeness (QED) is 0.622. The molecule has 5 fully saturated rings. The topological polar surface area (TPSA) is 44.8 Å². The van der Waals surface area contributed by atoms with Gasteiger partial charge in [0.1, 0.15) is 6.10 Å². The van der Waals surface area contributed by atoms with Gasteiger partial charge in [-0.2, -0.15) is 0 Å². The van der Waals surface area contributed by atoms with Crippen molar-refractivity contribution in [2.24, 2.45) is 34.5 Å². The minimum atomic E-state index is -0.284. The zero-order valence-corrected chi connectivity index (χ0v) is 17.3. The van der Waals surface area contributed by atoms with Gasteiger partial charge in [-0.05, 0) is 80.5 Å². The predicted octanol–water partition coefficient (Wildman–Crippen LogP) is 4.70. The van der Waals surface area contributed by atoms with E-state index in [4.69, 9.17) is 14.2 Å². The monoisotopic (exact) mass is 376 g/mol. The standard InChI is InChI=1S/C23H36O4/c1-15(24)27-17-6-9-21(2)16(14-17)4-5-18-19(21)7-10-22(3)20(18)8-11-23(22)25-12-13-26-23/h16-20H,4-14H2,1-3H3/t16-,17?,18?,19?,20?,21-,22-/m0/s1. The molecule has 0 radical (unpaired) electrons. The van der Waals surface area contributed by atoms with E-state index >= 15 is 0 Å². The Morgan fingerprint density at radius 2 is 1.67 bits per heavy atom. The van der Waals surface area contributed by atoms with Crippen LogP contribution >= 0.6 is 0 Å². The van der Waals surface area contributed by atoms with Crippen LogP contribution < -0.4 is 0 Å². The van der Waals surface area contributed by atoms with Crippen LogP contribution in [0.25, 0.3) is 0 Å². The molecule has 0 amide bonds. The van der Waals surface area contributed by atoms with E-state index in [1.54, 1.807) is 6.92 Å². The maximum absolute atomic E-state index is 11.4. The van der Waals surface area contributed by atoms with Crippen molar-refractivity contribution >= 4 is 5.97 Å². The number of hydrogen-bond acceptors (Lipinski definition) is 4. The minimum Gasteiger partial charge on any atom is -0.463 e. The summed E-state index contributed by atoms with van der Waals surface area (Å²) in [6, 6.07) is 0. The molecule has 0 aromatic heterocycles. The maximum atomic E-state index is 11.4. The van der Waals surface area contributed by atoms with Crippen molar-refractivity contribution in [1.82, 2.24) is 0 Å². The molecule has 4 aliphatic carbocycles. The molecular weight excluding hydrogens is 340 g/mol. The van der Waals surface area contributed by atoms with Crippen LogP contribution in [0.4, 0.5) is 0 Å². The van der Waals surface area contributed by atoms with Crippen molar-refractivity contribution in [3.05, 3.63) is 0 Å². The zero-order chi connectivity index (χ0) is 18.9. The Balaban J connectivity index is 1.37. The van der Waals surface area contributed by atoms with Gasteiger partial charge in [0.15, 0.2) is 5.79 Å². The van der Waals surface area contributed by atoms with E-state index in [-0.39, 0.29) is 23.3 Å². The molecule has 1 spiro atoms. The summed E-state index contributed by atoms with van der Waals surface area (Å²) >= 11 is 0. The van der Waals surface area contributed by atoms with E-state index in [9.17, 15) is 4.79 Å². The fourth-order valence-corrected chi connectivity index (χ4v) is 8.45. The van der Waals surface area contributed by atoms with Crippen molar-refractivity contribution in [1.29, 1.82) is 0 Å². The molecule has 1 heterocycles. The highest BCUT2D eigenvalue weighted by atomic mass is 16.7. The van der Waals surface area contributed by atoms with Gasteiger partial charge >= 0.3 is 5.97 Å². The van der Waals surface area contributed by atoms with Gasteiger partial charge in [-0.25, -0.2) is 0 Å². The first-order valence-corrected chi connectivity index (χ1v) is 11.3. The van der Waals surface area contributed by atoms with Gasteiger partial charge in [-0.3, -0.25) is 4.79 Å². The first-order chi connectivity index (χ1) is 12.9. The van der Waals surface area contributed by atoms with Crippen molar-refractivity contribution in [2.45, 2.75) is 90.4 Å². The molecule has 1 aliphatic heterocycles. The normalized spacial score (nSPS) is 50.7. The lowest BCUT2D eigenvalue weighted by atomic mass is 9.45. The Hall–Kier alpha value is -0.610. The first kappa shape index (κ1) is 18.4. The minimum absolute atomic E-state index is 0.112. The van der Waals surface area contributed by atoms with Gasteiger partial charge in [0.25, 0.3) is 0 Å². The van der Waals surface area contributed by atoms with Gasteiger partial charge in [0.05, 0.1) is 13.2 Å². The molecule has 27 heavy (non-hydrogen) atoms. The average molecular weight is 377 g/mol. The zero-order valence-electron chi connectivity index (χ0n) is 17.3. The van der Waals surface area contributed by atoms with Crippen LogP contribution in [0.1, 0.15) is 78.6 Å². The Labute approximate surface area is 163 Å². The number of carbonyl (C=O) groups excluding carboxylic acids is 1. The van der Waals surface area contributed by atoms with Gasteiger partial charge in [-0.1, -0.05) is 13.8 Å². The molecule has 4 heteroatoms. The molecule has 4 saturated carbocycles. The number of carbonyl (C=O) groups is 1. The number of hydrogen-bond donors (Lipinski definition) is 0. The molecule has 4 unspecified atom stereocenters. The second-order valence-electron chi connectivity index (χ2n) is 10.6. The van der Waals surface area contributed by atoms with Crippen LogP contribution in [-0.4, -0.2) is 31.1 Å². The Bertz CT molecular complexity index is 611. The van der Waals surface area contributed by atoms with Gasteiger partial charge in [-0.15, -0.1) is 0 Å². The molecule has 5 aliphatic rings. The second kappa shape index (κ2) is 6.19. The fourth-order valence-electron chi connectivity index (χ4n) is 8.45. The molecular formula is C23H36O4. The lowest BCUT2D eigenvalue weighted by Crippen LogP contribution is -2.57. The van der Waals surface area contributed by atoms with Crippen molar-refractivity contribution < 1.29 is 19.0 Å². The van der Waals surface area contributed by atoms with Gasteiger partial charge in [0.2, 0.25) is 0 Å². The third-order valence-electron chi connectivity index (χ3n) is 9.75. The molecule has 7 atom stereocenters. The highest BCUT2D eigenvalue weighted by Gasteiger charge is 2.67. The van der Waals surface area contributed by atoms with Crippen LogP contribution in [0.5, 0.6) is 0 Å². The first-order valence-electron chi connectivity index (χ1n) is 11.3. The van der Waals surface area contributed by atoms with E-state index in [1.165, 1.54) is 38.5 Å². The molecule has 1 saturated heterocycles. The summed E-state index contributed by atoms with van der Waals surface area (Å²) in [5, 5.41) is 0. The summed E-state index contributed by atoms with van der Waals surface area (Å²) in [4.78, 5) is 11.4. The Morgan fingerprint density at radius 3 is 2.41 bits per heavy atom. The molecule has 0 bridgehead atoms. The third kappa shape index (κ3) is 2.51. The summed E-state index contributed by atoms with van der Waals surface area (Å²) in [6.07, 6.45) is 11.1. The molecule has 0 aromatic carbocycles. The van der Waals surface area contributed by atoms with E-state index in [0.29, 0.717) is 5.41 Å². The Kier molecular flexibility index (Phi) is 4.22. The van der Waals surface area contributed by atoms with Gasteiger partial charge < -0.3 is 14.2 Å². The van der Waals surface area contributed by atoms with E-state index in [2.05, 4.69) is 13.8 Å². The molecule has 0 aromatic rings. The maximum Gasteiger partial charge on any atom is 0.302 e. The second-order valence-corrected chi connectivity index (χ2v) is 10.6. The highest BCUT2D eigenvalue weighted by molar-refractivity contribution is 5.66. The largest absolute Gasteiger partial charge is 0.463 e.